The van der Waals surface area contributed by atoms with Crippen molar-refractivity contribution in [3.8, 4) is 0 Å². The van der Waals surface area contributed by atoms with Gasteiger partial charge in [0.05, 0.1) is 6.54 Å². The summed E-state index contributed by atoms with van der Waals surface area (Å²) in [7, 11) is 1.91. The highest BCUT2D eigenvalue weighted by atomic mass is 16.2. The molecule has 4 heteroatoms. The van der Waals surface area contributed by atoms with Gasteiger partial charge in [0.2, 0.25) is 5.91 Å². The van der Waals surface area contributed by atoms with E-state index in [4.69, 9.17) is 0 Å². The van der Waals surface area contributed by atoms with E-state index in [2.05, 4.69) is 5.32 Å². The maximum absolute atomic E-state index is 12.1. The fourth-order valence-corrected chi connectivity index (χ4v) is 1.96. The molecule has 0 saturated carbocycles. The first-order valence-corrected chi connectivity index (χ1v) is 5.97. The summed E-state index contributed by atoms with van der Waals surface area (Å²) in [5, 5.41) is 3.53. The molecule has 1 amide bonds. The van der Waals surface area contributed by atoms with Crippen LogP contribution in [0.4, 0.5) is 0 Å². The van der Waals surface area contributed by atoms with Crippen molar-refractivity contribution >= 4 is 22.6 Å². The van der Waals surface area contributed by atoms with Gasteiger partial charge in [-0.25, -0.2) is 0 Å². The lowest BCUT2D eigenvalue weighted by atomic mass is 10.1. The third kappa shape index (κ3) is 2.27. The molecule has 1 aromatic carbocycles. The predicted octanol–water partition coefficient (Wildman–Crippen LogP) is 1.89. The molecule has 94 valence electrons. The fraction of sp³-hybridized carbons (Fsp3) is 0.286. The van der Waals surface area contributed by atoms with E-state index in [1.54, 1.807) is 6.92 Å². The molecular weight excluding hydrogens is 228 g/mol. The zero-order valence-electron chi connectivity index (χ0n) is 10.6. The van der Waals surface area contributed by atoms with Crippen LogP contribution < -0.4 is 5.32 Å². The van der Waals surface area contributed by atoms with E-state index in [0.717, 1.165) is 10.9 Å². The van der Waals surface area contributed by atoms with Crippen molar-refractivity contribution in [1.82, 2.24) is 9.88 Å². The largest absolute Gasteiger partial charge is 0.350 e. The highest BCUT2D eigenvalue weighted by molar-refractivity contribution is 6.09. The number of ketones is 1. The lowest BCUT2D eigenvalue weighted by molar-refractivity contribution is -0.120. The zero-order chi connectivity index (χ0) is 13.1. The van der Waals surface area contributed by atoms with E-state index in [-0.39, 0.29) is 18.2 Å². The Kier molecular flexibility index (Phi) is 3.46. The number of amides is 1. The minimum absolute atomic E-state index is 0.0562. The molecule has 0 atom stereocenters. The normalized spacial score (nSPS) is 10.6. The van der Waals surface area contributed by atoms with Crippen LogP contribution in [-0.4, -0.2) is 22.8 Å². The average Bonchev–Trinajstić information content (AvgIpc) is 2.74. The summed E-state index contributed by atoms with van der Waals surface area (Å²) in [6.07, 6.45) is 2.20. The second kappa shape index (κ2) is 5.04. The Morgan fingerprint density at radius 1 is 1.28 bits per heavy atom. The van der Waals surface area contributed by atoms with E-state index in [1.807, 2.05) is 42.1 Å². The molecule has 0 aliphatic rings. The van der Waals surface area contributed by atoms with Crippen molar-refractivity contribution in [2.45, 2.75) is 13.3 Å². The van der Waals surface area contributed by atoms with Crippen LogP contribution in [0.25, 0.3) is 10.9 Å². The first kappa shape index (κ1) is 12.4. The monoisotopic (exact) mass is 244 g/mol. The van der Waals surface area contributed by atoms with Crippen LogP contribution in [-0.2, 0) is 11.8 Å². The van der Waals surface area contributed by atoms with Crippen molar-refractivity contribution in [2.75, 3.05) is 6.54 Å². The van der Waals surface area contributed by atoms with Crippen molar-refractivity contribution in [3.05, 3.63) is 36.0 Å². The van der Waals surface area contributed by atoms with Gasteiger partial charge < -0.3 is 9.88 Å². The quantitative estimate of drug-likeness (QED) is 0.835. The number of nitrogens with one attached hydrogen (secondary N) is 1. The Bertz CT molecular complexity index is 599. The summed E-state index contributed by atoms with van der Waals surface area (Å²) in [6, 6.07) is 7.74. The summed E-state index contributed by atoms with van der Waals surface area (Å²) in [6.45, 7) is 1.82. The Labute approximate surface area is 106 Å². The van der Waals surface area contributed by atoms with E-state index in [0.29, 0.717) is 12.0 Å². The smallest absolute Gasteiger partial charge is 0.220 e. The number of carbonyl (C=O) groups is 2. The maximum Gasteiger partial charge on any atom is 0.220 e. The van der Waals surface area contributed by atoms with Crippen LogP contribution in [0, 0.1) is 0 Å². The van der Waals surface area contributed by atoms with Crippen molar-refractivity contribution in [2.24, 2.45) is 7.05 Å². The summed E-state index contributed by atoms with van der Waals surface area (Å²) in [5.41, 5.74) is 1.67. The molecule has 2 rings (SSSR count). The van der Waals surface area contributed by atoms with Gasteiger partial charge in [0, 0.05) is 36.1 Å². The fourth-order valence-electron chi connectivity index (χ4n) is 1.96. The topological polar surface area (TPSA) is 51.1 Å². The number of fused-ring (bicyclic) bond motifs is 1. The van der Waals surface area contributed by atoms with E-state index >= 15 is 0 Å². The first-order valence-electron chi connectivity index (χ1n) is 5.97. The maximum atomic E-state index is 12.1. The molecule has 18 heavy (non-hydrogen) atoms. The van der Waals surface area contributed by atoms with Gasteiger partial charge in [-0.15, -0.1) is 0 Å². The molecule has 0 aliphatic heterocycles. The third-order valence-corrected chi connectivity index (χ3v) is 2.96. The number of hydrogen-bond acceptors (Lipinski definition) is 2. The second-order valence-corrected chi connectivity index (χ2v) is 4.22. The molecule has 0 fully saturated rings. The number of carbonyl (C=O) groups excluding carboxylic acids is 2. The number of hydrogen-bond donors (Lipinski definition) is 1. The summed E-state index contributed by atoms with van der Waals surface area (Å²) < 4.78 is 1.92. The number of benzene rings is 1. The van der Waals surface area contributed by atoms with Crippen LogP contribution >= 0.6 is 0 Å². The minimum atomic E-state index is -0.108. The number of nitrogens with zero attached hydrogens (tertiary/aromatic N) is 1. The molecule has 0 radical (unpaired) electrons. The van der Waals surface area contributed by atoms with Crippen molar-refractivity contribution in [3.63, 3.8) is 0 Å². The Hall–Kier alpha value is -2.10. The molecular formula is C14H16N2O2. The summed E-state index contributed by atoms with van der Waals surface area (Å²) >= 11 is 0. The average molecular weight is 244 g/mol. The van der Waals surface area contributed by atoms with Gasteiger partial charge in [-0.2, -0.15) is 0 Å². The van der Waals surface area contributed by atoms with E-state index < -0.39 is 0 Å². The van der Waals surface area contributed by atoms with Crippen LogP contribution in [0.5, 0.6) is 0 Å². The molecule has 0 spiro atoms. The highest BCUT2D eigenvalue weighted by Gasteiger charge is 2.13. The SMILES string of the molecule is CCC(=O)NCC(=O)c1cn(C)c2ccccc12. The van der Waals surface area contributed by atoms with Gasteiger partial charge in [-0.3, -0.25) is 9.59 Å². The van der Waals surface area contributed by atoms with E-state index in [1.165, 1.54) is 0 Å². The predicted molar refractivity (Wildman–Crippen MR) is 70.6 cm³/mol. The second-order valence-electron chi connectivity index (χ2n) is 4.22. The Morgan fingerprint density at radius 2 is 2.00 bits per heavy atom. The Balaban J connectivity index is 2.25. The van der Waals surface area contributed by atoms with Crippen LogP contribution in [0.3, 0.4) is 0 Å². The van der Waals surface area contributed by atoms with Gasteiger partial charge in [0.25, 0.3) is 0 Å². The number of para-hydroxylation sites is 1. The number of aromatic nitrogens is 1. The minimum Gasteiger partial charge on any atom is -0.350 e. The molecule has 2 aromatic rings. The highest BCUT2D eigenvalue weighted by Crippen LogP contribution is 2.20. The molecule has 1 aromatic heterocycles. The number of rotatable bonds is 4. The molecule has 4 nitrogen and oxygen atoms in total. The molecule has 1 heterocycles. The van der Waals surface area contributed by atoms with Gasteiger partial charge in [-0.05, 0) is 6.07 Å². The summed E-state index contributed by atoms with van der Waals surface area (Å²) in [4.78, 5) is 23.2. The molecule has 0 unspecified atom stereocenters. The van der Waals surface area contributed by atoms with Gasteiger partial charge in [0.15, 0.2) is 5.78 Å². The zero-order valence-corrected chi connectivity index (χ0v) is 10.6. The van der Waals surface area contributed by atoms with Gasteiger partial charge in [0.1, 0.15) is 0 Å². The van der Waals surface area contributed by atoms with Gasteiger partial charge in [-0.1, -0.05) is 25.1 Å². The first-order chi connectivity index (χ1) is 8.63. The third-order valence-electron chi connectivity index (χ3n) is 2.96. The van der Waals surface area contributed by atoms with Gasteiger partial charge >= 0.3 is 0 Å². The molecule has 0 saturated heterocycles. The molecule has 1 N–H and O–H groups in total. The van der Waals surface area contributed by atoms with Crippen molar-refractivity contribution in [1.29, 1.82) is 0 Å². The lowest BCUT2D eigenvalue weighted by Gasteiger charge is -2.01. The van der Waals surface area contributed by atoms with Crippen LogP contribution in [0.1, 0.15) is 23.7 Å². The van der Waals surface area contributed by atoms with Crippen LogP contribution in [0.2, 0.25) is 0 Å². The number of Topliss-reactive ketones (excluding diaryl/α,β-unsaturated/α-hetero) is 1. The van der Waals surface area contributed by atoms with Crippen molar-refractivity contribution < 1.29 is 9.59 Å². The lowest BCUT2D eigenvalue weighted by Crippen LogP contribution is -2.28. The van der Waals surface area contributed by atoms with Crippen LogP contribution in [0.15, 0.2) is 30.5 Å². The standard InChI is InChI=1S/C14H16N2O2/c1-3-14(18)15-8-13(17)11-9-16(2)12-7-5-4-6-10(11)12/h4-7,9H,3,8H2,1-2H3,(H,15,18). The van der Waals surface area contributed by atoms with E-state index in [9.17, 15) is 9.59 Å². The molecule has 0 aliphatic carbocycles. The Morgan fingerprint density at radius 3 is 2.72 bits per heavy atom. The number of aryl methyl sites for hydroxylation is 1. The molecule has 0 bridgehead atoms. The summed E-state index contributed by atoms with van der Waals surface area (Å²) in [5.74, 6) is -0.169.